The van der Waals surface area contributed by atoms with Crippen LogP contribution < -0.4 is 26.6 Å². The van der Waals surface area contributed by atoms with Gasteiger partial charge < -0.3 is 19.8 Å². The molecule has 0 aliphatic heterocycles. The van der Waals surface area contributed by atoms with Crippen LogP contribution in [0.4, 0.5) is 0 Å². The molecule has 0 unspecified atom stereocenters. The van der Waals surface area contributed by atoms with Crippen molar-refractivity contribution in [1.29, 1.82) is 0 Å². The second kappa shape index (κ2) is 13.8. The smallest absolute Gasteiger partial charge is 0.332 e. The number of aromatic amines is 1. The molecule has 0 aliphatic carbocycles. The van der Waals surface area contributed by atoms with Gasteiger partial charge in [0.05, 0.1) is 12.8 Å². The molecule has 0 radical (unpaired) electrons. The van der Waals surface area contributed by atoms with Crippen molar-refractivity contribution in [1.82, 2.24) is 29.7 Å². The van der Waals surface area contributed by atoms with Crippen molar-refractivity contribution < 1.29 is 14.3 Å². The van der Waals surface area contributed by atoms with Crippen LogP contribution in [0, 0.1) is 0 Å². The van der Waals surface area contributed by atoms with Gasteiger partial charge in [0.15, 0.2) is 12.3 Å². The van der Waals surface area contributed by atoms with Gasteiger partial charge in [0, 0.05) is 31.7 Å². The van der Waals surface area contributed by atoms with Gasteiger partial charge in [-0.15, -0.1) is 0 Å². The van der Waals surface area contributed by atoms with Crippen LogP contribution in [0.2, 0.25) is 0 Å². The van der Waals surface area contributed by atoms with E-state index in [1.807, 2.05) is 20.8 Å². The lowest BCUT2D eigenvalue weighted by Crippen LogP contribution is -2.40. The first-order chi connectivity index (χ1) is 17.9. The van der Waals surface area contributed by atoms with E-state index < -0.39 is 0 Å². The molecule has 11 heteroatoms. The number of benzene rings is 1. The zero-order chi connectivity index (χ0) is 26.8. The van der Waals surface area contributed by atoms with Crippen molar-refractivity contribution in [2.75, 3.05) is 26.4 Å². The molecule has 3 rings (SSSR count). The molecule has 2 heterocycles. The van der Waals surface area contributed by atoms with Gasteiger partial charge in [-0.05, 0) is 50.5 Å². The summed E-state index contributed by atoms with van der Waals surface area (Å²) in [6, 6.07) is 7.05. The van der Waals surface area contributed by atoms with Crippen LogP contribution in [0.15, 0.2) is 33.9 Å². The number of amides is 1. The van der Waals surface area contributed by atoms with E-state index in [0.29, 0.717) is 62.1 Å². The Kier molecular flexibility index (Phi) is 10.5. The third kappa shape index (κ3) is 7.30. The van der Waals surface area contributed by atoms with Crippen LogP contribution in [0.1, 0.15) is 47.0 Å². The molecule has 0 saturated heterocycles. The summed E-state index contributed by atoms with van der Waals surface area (Å²) in [5.41, 5.74) is 0.704. The molecule has 2 aromatic heterocycles. The van der Waals surface area contributed by atoms with Crippen molar-refractivity contribution in [3.8, 4) is 17.1 Å². The lowest BCUT2D eigenvalue weighted by atomic mass is 10.2. The van der Waals surface area contributed by atoms with Crippen molar-refractivity contribution in [2.24, 2.45) is 0 Å². The van der Waals surface area contributed by atoms with E-state index in [-0.39, 0.29) is 29.9 Å². The number of carbonyl (C=O) groups is 1. The number of rotatable bonds is 15. The van der Waals surface area contributed by atoms with E-state index in [1.54, 1.807) is 28.8 Å². The molecule has 0 fully saturated rings. The number of aromatic nitrogens is 4. The molecule has 202 valence electrons. The van der Waals surface area contributed by atoms with Crippen molar-refractivity contribution in [3.05, 3.63) is 45.1 Å². The minimum atomic E-state index is -0.364. The van der Waals surface area contributed by atoms with Crippen molar-refractivity contribution in [2.45, 2.75) is 66.2 Å². The van der Waals surface area contributed by atoms with Crippen molar-refractivity contribution in [3.63, 3.8) is 0 Å². The number of imidazole rings is 1. The first-order valence-electron chi connectivity index (χ1n) is 12.9. The zero-order valence-corrected chi connectivity index (χ0v) is 22.1. The molecule has 0 bridgehead atoms. The summed E-state index contributed by atoms with van der Waals surface area (Å²) in [7, 11) is 0. The molecular weight excluding hydrogens is 476 g/mol. The van der Waals surface area contributed by atoms with Gasteiger partial charge in [-0.25, -0.2) is 9.78 Å². The first-order valence-corrected chi connectivity index (χ1v) is 12.9. The lowest BCUT2D eigenvalue weighted by Gasteiger charge is -2.12. The van der Waals surface area contributed by atoms with Crippen LogP contribution in [-0.2, 0) is 22.6 Å². The van der Waals surface area contributed by atoms with E-state index in [1.165, 1.54) is 4.57 Å². The summed E-state index contributed by atoms with van der Waals surface area (Å²) < 4.78 is 13.9. The Labute approximate surface area is 216 Å². The Balaban J connectivity index is 1.60. The number of nitrogens with zero attached hydrogens (tertiary/aromatic N) is 3. The summed E-state index contributed by atoms with van der Waals surface area (Å²) >= 11 is 0. The molecule has 1 aromatic carbocycles. The van der Waals surface area contributed by atoms with Gasteiger partial charge in [-0.3, -0.25) is 24.0 Å². The molecule has 0 saturated carbocycles. The average molecular weight is 515 g/mol. The number of nitrogens with one attached hydrogen (secondary N) is 3. The van der Waals surface area contributed by atoms with Crippen LogP contribution >= 0.6 is 0 Å². The molecule has 3 aromatic rings. The zero-order valence-electron chi connectivity index (χ0n) is 22.1. The highest BCUT2D eigenvalue weighted by molar-refractivity contribution is 5.77. The van der Waals surface area contributed by atoms with Gasteiger partial charge in [-0.1, -0.05) is 20.8 Å². The first kappa shape index (κ1) is 28.1. The Morgan fingerprint density at radius 2 is 1.76 bits per heavy atom. The predicted octanol–water partition coefficient (Wildman–Crippen LogP) is 2.23. The van der Waals surface area contributed by atoms with Gasteiger partial charge in [0.25, 0.3) is 11.5 Å². The summed E-state index contributed by atoms with van der Waals surface area (Å²) in [6.07, 6.45) is 2.58. The summed E-state index contributed by atoms with van der Waals surface area (Å²) in [4.78, 5) is 45.5. The number of ether oxygens (including phenoxy) is 2. The fraction of sp³-hybridized carbons (Fsp3) is 0.538. The van der Waals surface area contributed by atoms with Crippen LogP contribution in [-0.4, -0.2) is 57.5 Å². The van der Waals surface area contributed by atoms with Crippen molar-refractivity contribution >= 4 is 17.1 Å². The van der Waals surface area contributed by atoms with E-state index >= 15 is 0 Å². The van der Waals surface area contributed by atoms with Gasteiger partial charge in [0.2, 0.25) is 0 Å². The monoisotopic (exact) mass is 514 g/mol. The Hall–Kier alpha value is -3.44. The minimum Gasteiger partial charge on any atom is -0.484 e. The fourth-order valence-electron chi connectivity index (χ4n) is 3.74. The normalized spacial score (nSPS) is 12.1. The van der Waals surface area contributed by atoms with Gasteiger partial charge in [0.1, 0.15) is 17.1 Å². The highest BCUT2D eigenvalue weighted by Gasteiger charge is 2.17. The third-order valence-corrected chi connectivity index (χ3v) is 5.92. The summed E-state index contributed by atoms with van der Waals surface area (Å²) in [6.45, 7) is 10.2. The SMILES string of the molecule is CCCn1c(=O)c2[nH]c(-c3ccc(OCC(=O)NCCNCO[C@@H](C)CC)cc3)nc2n(CCC)c1=O. The number of aryl methyl sites for hydroxylation is 1. The quantitative estimate of drug-likeness (QED) is 0.209. The second-order valence-electron chi connectivity index (χ2n) is 8.87. The van der Waals surface area contributed by atoms with E-state index in [4.69, 9.17) is 9.47 Å². The Morgan fingerprint density at radius 3 is 2.43 bits per heavy atom. The molecule has 1 amide bonds. The molecule has 1 atom stereocenters. The number of hydrogen-bond donors (Lipinski definition) is 3. The summed E-state index contributed by atoms with van der Waals surface area (Å²) in [5.74, 6) is 0.797. The predicted molar refractivity (Wildman–Crippen MR) is 143 cm³/mol. The van der Waals surface area contributed by atoms with Gasteiger partial charge in [-0.2, -0.15) is 0 Å². The number of H-pyrrole nitrogens is 1. The number of hydrogen-bond acceptors (Lipinski definition) is 7. The second-order valence-corrected chi connectivity index (χ2v) is 8.87. The van der Waals surface area contributed by atoms with Crippen LogP contribution in [0.3, 0.4) is 0 Å². The Bertz CT molecular complexity index is 1280. The minimum absolute atomic E-state index is 0.104. The van der Waals surface area contributed by atoms with E-state index in [2.05, 4.69) is 27.5 Å². The topological polar surface area (TPSA) is 132 Å². The Morgan fingerprint density at radius 1 is 1.05 bits per heavy atom. The third-order valence-electron chi connectivity index (χ3n) is 5.92. The van der Waals surface area contributed by atoms with Gasteiger partial charge >= 0.3 is 5.69 Å². The largest absolute Gasteiger partial charge is 0.484 e. The van der Waals surface area contributed by atoms with Crippen LogP contribution in [0.5, 0.6) is 5.75 Å². The average Bonchev–Trinajstić information content (AvgIpc) is 3.35. The molecule has 3 N–H and O–H groups in total. The number of carbonyl (C=O) groups excluding carboxylic acids is 1. The molecule has 0 spiro atoms. The highest BCUT2D eigenvalue weighted by atomic mass is 16.5. The maximum absolute atomic E-state index is 12.9. The summed E-state index contributed by atoms with van der Waals surface area (Å²) in [5, 5.41) is 5.90. The molecule has 11 nitrogen and oxygen atoms in total. The molecular formula is C26H38N6O5. The lowest BCUT2D eigenvalue weighted by molar-refractivity contribution is -0.123. The standard InChI is InChI=1S/C26H38N6O5/c1-5-14-31-24-22(25(34)32(15-6-2)26(31)35)29-23(30-24)19-8-10-20(11-9-19)36-16-21(33)28-13-12-27-17-37-18(4)7-3/h8-11,18,27H,5-7,12-17H2,1-4H3,(H,28,33)(H,29,30)/t18-/m0/s1. The molecule has 37 heavy (non-hydrogen) atoms. The molecule has 0 aliphatic rings. The van der Waals surface area contributed by atoms with Crippen LogP contribution in [0.25, 0.3) is 22.6 Å². The maximum atomic E-state index is 12.9. The van der Waals surface area contributed by atoms with E-state index in [0.717, 1.165) is 18.4 Å². The fourth-order valence-corrected chi connectivity index (χ4v) is 3.74. The highest BCUT2D eigenvalue weighted by Crippen LogP contribution is 2.21. The number of fused-ring (bicyclic) bond motifs is 1. The maximum Gasteiger partial charge on any atom is 0.332 e. The van der Waals surface area contributed by atoms with E-state index in [9.17, 15) is 14.4 Å².